The number of benzene rings is 2. The number of carbonyl (C=O) groups excluding carboxylic acids is 2. The Bertz CT molecular complexity index is 949. The number of hydrogen-bond acceptors (Lipinski definition) is 5. The summed E-state index contributed by atoms with van der Waals surface area (Å²) in [5.74, 6) is -0.138. The Kier molecular flexibility index (Phi) is 6.69. The van der Waals surface area contributed by atoms with E-state index in [1.54, 1.807) is 42.5 Å². The van der Waals surface area contributed by atoms with Gasteiger partial charge in [-0.3, -0.25) is 4.79 Å². The Labute approximate surface area is 175 Å². The number of hydrogen-bond donors (Lipinski definition) is 2. The number of aliphatic hydroxyl groups is 1. The number of rotatable bonds is 8. The van der Waals surface area contributed by atoms with Crippen molar-refractivity contribution in [2.24, 2.45) is 11.1 Å². The molecule has 0 aromatic heterocycles. The van der Waals surface area contributed by atoms with E-state index in [0.717, 1.165) is 5.56 Å². The summed E-state index contributed by atoms with van der Waals surface area (Å²) < 4.78 is 10.7. The van der Waals surface area contributed by atoms with E-state index < -0.39 is 17.3 Å². The Morgan fingerprint density at radius 2 is 1.83 bits per heavy atom. The van der Waals surface area contributed by atoms with Crippen LogP contribution in [0.3, 0.4) is 0 Å². The van der Waals surface area contributed by atoms with Gasteiger partial charge in [-0.25, -0.2) is 4.79 Å². The van der Waals surface area contributed by atoms with Crippen LogP contribution in [0.1, 0.15) is 35.2 Å². The van der Waals surface area contributed by atoms with Crippen molar-refractivity contribution < 1.29 is 24.2 Å². The second-order valence-electron chi connectivity index (χ2n) is 7.17. The summed E-state index contributed by atoms with van der Waals surface area (Å²) in [4.78, 5) is 24.8. The number of allylic oxidation sites excluding steroid dienone is 2. The van der Waals surface area contributed by atoms with Crippen LogP contribution in [0.4, 0.5) is 0 Å². The lowest BCUT2D eigenvalue weighted by Crippen LogP contribution is -2.40. The van der Waals surface area contributed by atoms with Crippen LogP contribution in [0.5, 0.6) is 5.75 Å². The maximum atomic E-state index is 12.4. The van der Waals surface area contributed by atoms with Crippen LogP contribution >= 0.6 is 0 Å². The minimum Gasteiger partial charge on any atom is -0.491 e. The molecule has 0 bridgehead atoms. The number of ether oxygens (including phenoxy) is 2. The SMILES string of the molecule is CC(c1ccccc1)[C@@]1(C(N)=O)C=CC(OC(=O)c2ccc(OCCO)cc2)=CC1. The molecule has 0 saturated carbocycles. The largest absolute Gasteiger partial charge is 0.491 e. The molecule has 1 amide bonds. The number of esters is 1. The van der Waals surface area contributed by atoms with Crippen molar-refractivity contribution in [1.82, 2.24) is 0 Å². The van der Waals surface area contributed by atoms with Gasteiger partial charge in [0.15, 0.2) is 0 Å². The predicted molar refractivity (Wildman–Crippen MR) is 113 cm³/mol. The molecule has 1 unspecified atom stereocenters. The van der Waals surface area contributed by atoms with Crippen LogP contribution in [0.2, 0.25) is 0 Å². The third-order valence-corrected chi connectivity index (χ3v) is 5.38. The highest BCUT2D eigenvalue weighted by Crippen LogP contribution is 2.43. The fraction of sp³-hybridized carbons (Fsp3) is 0.250. The molecule has 6 nitrogen and oxygen atoms in total. The van der Waals surface area contributed by atoms with Crippen molar-refractivity contribution in [3.8, 4) is 5.75 Å². The molecule has 0 radical (unpaired) electrons. The van der Waals surface area contributed by atoms with Gasteiger partial charge in [0.25, 0.3) is 0 Å². The molecule has 2 aromatic carbocycles. The third kappa shape index (κ3) is 4.60. The number of amides is 1. The first-order valence-corrected chi connectivity index (χ1v) is 9.76. The van der Waals surface area contributed by atoms with Crippen molar-refractivity contribution in [3.63, 3.8) is 0 Å². The molecule has 3 rings (SSSR count). The van der Waals surface area contributed by atoms with Crippen LogP contribution in [0.25, 0.3) is 0 Å². The second kappa shape index (κ2) is 9.41. The molecule has 1 aliphatic rings. The summed E-state index contributed by atoms with van der Waals surface area (Å²) in [6, 6.07) is 16.2. The maximum Gasteiger partial charge on any atom is 0.343 e. The predicted octanol–water partition coefficient (Wildman–Crippen LogP) is 3.33. The summed E-state index contributed by atoms with van der Waals surface area (Å²) in [6.07, 6.45) is 5.43. The first-order chi connectivity index (χ1) is 14.5. The van der Waals surface area contributed by atoms with E-state index in [0.29, 0.717) is 23.5 Å². The fourth-order valence-corrected chi connectivity index (χ4v) is 3.49. The molecule has 0 saturated heterocycles. The minimum atomic E-state index is -0.886. The molecule has 156 valence electrons. The molecule has 30 heavy (non-hydrogen) atoms. The Morgan fingerprint density at radius 1 is 1.13 bits per heavy atom. The second-order valence-corrected chi connectivity index (χ2v) is 7.17. The van der Waals surface area contributed by atoms with Gasteiger partial charge >= 0.3 is 5.97 Å². The van der Waals surface area contributed by atoms with E-state index in [9.17, 15) is 9.59 Å². The van der Waals surface area contributed by atoms with Gasteiger partial charge in [0.05, 0.1) is 17.6 Å². The van der Waals surface area contributed by atoms with Crippen LogP contribution in [-0.4, -0.2) is 30.2 Å². The van der Waals surface area contributed by atoms with E-state index in [1.807, 2.05) is 37.3 Å². The Morgan fingerprint density at radius 3 is 2.40 bits per heavy atom. The summed E-state index contributed by atoms with van der Waals surface area (Å²) >= 11 is 0. The van der Waals surface area contributed by atoms with Crippen molar-refractivity contribution in [3.05, 3.63) is 89.7 Å². The first kappa shape index (κ1) is 21.3. The molecule has 3 N–H and O–H groups in total. The van der Waals surface area contributed by atoms with Gasteiger partial charge in [0.2, 0.25) is 5.91 Å². The van der Waals surface area contributed by atoms with E-state index >= 15 is 0 Å². The molecule has 1 aliphatic carbocycles. The molecule has 0 spiro atoms. The smallest absolute Gasteiger partial charge is 0.343 e. The average Bonchev–Trinajstić information content (AvgIpc) is 2.78. The lowest BCUT2D eigenvalue weighted by atomic mass is 9.68. The van der Waals surface area contributed by atoms with Gasteiger partial charge in [-0.15, -0.1) is 0 Å². The van der Waals surface area contributed by atoms with E-state index in [-0.39, 0.29) is 19.1 Å². The third-order valence-electron chi connectivity index (χ3n) is 5.38. The van der Waals surface area contributed by atoms with Gasteiger partial charge in [-0.05, 0) is 54.3 Å². The van der Waals surface area contributed by atoms with Gasteiger partial charge in [-0.2, -0.15) is 0 Å². The summed E-state index contributed by atoms with van der Waals surface area (Å²) in [5.41, 5.74) is 6.26. The average molecular weight is 407 g/mol. The highest BCUT2D eigenvalue weighted by Gasteiger charge is 2.41. The zero-order valence-electron chi connectivity index (χ0n) is 16.8. The number of carbonyl (C=O) groups is 2. The fourth-order valence-electron chi connectivity index (χ4n) is 3.49. The lowest BCUT2D eigenvalue weighted by Gasteiger charge is -2.35. The molecule has 0 heterocycles. The van der Waals surface area contributed by atoms with Gasteiger partial charge < -0.3 is 20.3 Å². The zero-order valence-corrected chi connectivity index (χ0v) is 16.8. The van der Waals surface area contributed by atoms with Crippen molar-refractivity contribution in [2.45, 2.75) is 19.3 Å². The maximum absolute atomic E-state index is 12.4. The summed E-state index contributed by atoms with van der Waals surface area (Å²) in [5, 5.41) is 8.78. The summed E-state index contributed by atoms with van der Waals surface area (Å²) in [7, 11) is 0. The molecule has 6 heteroatoms. The van der Waals surface area contributed by atoms with E-state index in [2.05, 4.69) is 0 Å². The zero-order chi connectivity index (χ0) is 21.6. The minimum absolute atomic E-state index is 0.0834. The highest BCUT2D eigenvalue weighted by molar-refractivity contribution is 5.90. The molecule has 0 fully saturated rings. The van der Waals surface area contributed by atoms with Gasteiger partial charge in [0.1, 0.15) is 18.1 Å². The monoisotopic (exact) mass is 407 g/mol. The van der Waals surface area contributed by atoms with Crippen molar-refractivity contribution in [2.75, 3.05) is 13.2 Å². The standard InChI is InChI=1S/C24H25NO5/c1-17(18-5-3-2-4-6-18)24(23(25)28)13-11-21(12-14-24)30-22(27)19-7-9-20(10-8-19)29-16-15-26/h2-13,17,26H,14-16H2,1H3,(H2,25,28)/t17?,24-/m1/s1. The Balaban J connectivity index is 1.69. The van der Waals surface area contributed by atoms with E-state index in [4.69, 9.17) is 20.3 Å². The van der Waals surface area contributed by atoms with Crippen LogP contribution < -0.4 is 10.5 Å². The van der Waals surface area contributed by atoms with Gasteiger partial charge in [-0.1, -0.05) is 43.3 Å². The summed E-state index contributed by atoms with van der Waals surface area (Å²) in [6.45, 7) is 2.07. The van der Waals surface area contributed by atoms with Crippen LogP contribution in [-0.2, 0) is 9.53 Å². The van der Waals surface area contributed by atoms with Crippen molar-refractivity contribution >= 4 is 11.9 Å². The molecular weight excluding hydrogens is 382 g/mol. The number of aliphatic hydroxyl groups excluding tert-OH is 1. The number of nitrogens with two attached hydrogens (primary N) is 1. The molecule has 0 aliphatic heterocycles. The highest BCUT2D eigenvalue weighted by atomic mass is 16.5. The normalized spacial score (nSPS) is 18.9. The lowest BCUT2D eigenvalue weighted by molar-refractivity contribution is -0.126. The molecular formula is C24H25NO5. The van der Waals surface area contributed by atoms with E-state index in [1.165, 1.54) is 0 Å². The Hall–Kier alpha value is -3.38. The quantitative estimate of drug-likeness (QED) is 0.654. The molecule has 2 atom stereocenters. The van der Waals surface area contributed by atoms with Crippen LogP contribution in [0, 0.1) is 5.41 Å². The molecule has 2 aromatic rings. The topological polar surface area (TPSA) is 98.9 Å². The van der Waals surface area contributed by atoms with Gasteiger partial charge in [0, 0.05) is 0 Å². The first-order valence-electron chi connectivity index (χ1n) is 9.76. The number of primary amides is 1. The van der Waals surface area contributed by atoms with Crippen molar-refractivity contribution in [1.29, 1.82) is 0 Å². The van der Waals surface area contributed by atoms with Crippen LogP contribution in [0.15, 0.2) is 78.6 Å².